The maximum absolute atomic E-state index is 13.2. The van der Waals surface area contributed by atoms with Gasteiger partial charge in [0.1, 0.15) is 11.5 Å². The van der Waals surface area contributed by atoms with E-state index in [0.717, 1.165) is 0 Å². The lowest BCUT2D eigenvalue weighted by atomic mass is 9.94. The minimum Gasteiger partial charge on any atom is -0.507 e. The van der Waals surface area contributed by atoms with Gasteiger partial charge in [-0.2, -0.15) is 0 Å². The summed E-state index contributed by atoms with van der Waals surface area (Å²) in [5, 5.41) is 11.2. The van der Waals surface area contributed by atoms with Gasteiger partial charge in [0.25, 0.3) is 11.7 Å². The number of hydrogen-bond donors (Lipinski definition) is 1. The zero-order valence-electron chi connectivity index (χ0n) is 20.8. The maximum atomic E-state index is 13.2. The van der Waals surface area contributed by atoms with Crippen LogP contribution in [0.15, 0.2) is 42.0 Å². The van der Waals surface area contributed by atoms with Crippen LogP contribution in [0, 0.1) is 0 Å². The average Bonchev–Trinajstić information content (AvgIpc) is 3.10. The number of amides is 1. The van der Waals surface area contributed by atoms with Crippen molar-refractivity contribution in [1.29, 1.82) is 0 Å². The number of carbonyl (C=O) groups excluding carboxylic acids is 2. The van der Waals surface area contributed by atoms with Crippen LogP contribution in [0.4, 0.5) is 0 Å². The molecule has 9 nitrogen and oxygen atoms in total. The molecule has 2 aromatic rings. The Labute approximate surface area is 204 Å². The van der Waals surface area contributed by atoms with Gasteiger partial charge in [-0.25, -0.2) is 0 Å². The van der Waals surface area contributed by atoms with Crippen molar-refractivity contribution in [2.45, 2.75) is 26.0 Å². The van der Waals surface area contributed by atoms with Crippen molar-refractivity contribution in [3.8, 4) is 23.0 Å². The molecule has 1 aliphatic heterocycles. The van der Waals surface area contributed by atoms with Crippen molar-refractivity contribution in [3.05, 3.63) is 53.1 Å². The third kappa shape index (κ3) is 5.19. The molecule has 1 atom stereocenters. The van der Waals surface area contributed by atoms with E-state index in [1.54, 1.807) is 36.4 Å². The molecule has 0 spiro atoms. The summed E-state index contributed by atoms with van der Waals surface area (Å²) in [6.07, 6.45) is -0.0133. The van der Waals surface area contributed by atoms with Crippen LogP contribution in [0.25, 0.3) is 5.76 Å². The fourth-order valence-corrected chi connectivity index (χ4v) is 4.03. The molecular formula is C26H31NO8. The molecule has 188 valence electrons. The van der Waals surface area contributed by atoms with Gasteiger partial charge in [0.2, 0.25) is 5.75 Å². The number of aliphatic hydroxyl groups is 1. The first kappa shape index (κ1) is 25.9. The van der Waals surface area contributed by atoms with Crippen LogP contribution in [0.5, 0.6) is 23.0 Å². The Hall–Kier alpha value is -3.72. The van der Waals surface area contributed by atoms with E-state index >= 15 is 0 Å². The fourth-order valence-electron chi connectivity index (χ4n) is 4.03. The summed E-state index contributed by atoms with van der Waals surface area (Å²) in [7, 11) is 5.94. The molecule has 2 aromatic carbocycles. The normalized spacial score (nSPS) is 17.1. The minimum atomic E-state index is -0.898. The molecule has 1 fully saturated rings. The van der Waals surface area contributed by atoms with Crippen molar-refractivity contribution < 1.29 is 38.4 Å². The third-order valence-corrected chi connectivity index (χ3v) is 5.58. The molecule has 0 unspecified atom stereocenters. The quantitative estimate of drug-likeness (QED) is 0.310. The molecule has 0 aliphatic carbocycles. The van der Waals surface area contributed by atoms with Gasteiger partial charge in [-0.1, -0.05) is 0 Å². The summed E-state index contributed by atoms with van der Waals surface area (Å²) in [5.41, 5.74) is 0.845. The number of ether oxygens (including phenoxy) is 5. The van der Waals surface area contributed by atoms with Crippen molar-refractivity contribution in [2.75, 3.05) is 41.6 Å². The summed E-state index contributed by atoms with van der Waals surface area (Å²) >= 11 is 0. The first-order valence-corrected chi connectivity index (χ1v) is 11.1. The predicted octanol–water partition coefficient (Wildman–Crippen LogP) is 3.57. The lowest BCUT2D eigenvalue weighted by Crippen LogP contribution is -2.32. The van der Waals surface area contributed by atoms with Crippen LogP contribution in [0.2, 0.25) is 0 Å². The van der Waals surface area contributed by atoms with E-state index in [4.69, 9.17) is 23.7 Å². The molecule has 1 N–H and O–H groups in total. The Morgan fingerprint density at radius 2 is 1.57 bits per heavy atom. The van der Waals surface area contributed by atoms with E-state index < -0.39 is 17.7 Å². The summed E-state index contributed by atoms with van der Waals surface area (Å²) in [6.45, 7) is 4.16. The van der Waals surface area contributed by atoms with Crippen LogP contribution in [0.1, 0.15) is 31.0 Å². The van der Waals surface area contributed by atoms with Crippen molar-refractivity contribution >= 4 is 17.4 Å². The predicted molar refractivity (Wildman–Crippen MR) is 129 cm³/mol. The first-order valence-electron chi connectivity index (χ1n) is 11.1. The van der Waals surface area contributed by atoms with E-state index in [2.05, 4.69) is 0 Å². The van der Waals surface area contributed by atoms with Gasteiger partial charge < -0.3 is 33.7 Å². The Morgan fingerprint density at radius 1 is 0.971 bits per heavy atom. The molecule has 1 amide bonds. The topological polar surface area (TPSA) is 104 Å². The van der Waals surface area contributed by atoms with Gasteiger partial charge >= 0.3 is 0 Å². The van der Waals surface area contributed by atoms with Crippen LogP contribution in [-0.2, 0) is 14.3 Å². The van der Waals surface area contributed by atoms with E-state index in [1.807, 2.05) is 13.8 Å². The highest BCUT2D eigenvalue weighted by Crippen LogP contribution is 2.45. The number of hydrogen-bond acceptors (Lipinski definition) is 8. The van der Waals surface area contributed by atoms with E-state index in [0.29, 0.717) is 34.1 Å². The number of ketones is 1. The minimum absolute atomic E-state index is 0.0133. The van der Waals surface area contributed by atoms with Crippen molar-refractivity contribution in [3.63, 3.8) is 0 Å². The number of benzene rings is 2. The van der Waals surface area contributed by atoms with E-state index in [-0.39, 0.29) is 30.6 Å². The highest BCUT2D eigenvalue weighted by molar-refractivity contribution is 6.46. The molecule has 35 heavy (non-hydrogen) atoms. The third-order valence-electron chi connectivity index (χ3n) is 5.58. The monoisotopic (exact) mass is 485 g/mol. The van der Waals surface area contributed by atoms with Gasteiger partial charge in [0, 0.05) is 19.2 Å². The standard InChI is InChI=1S/C26H31NO8/c1-15(2)35-18-9-7-16(8-10-18)23(28)21-22(27(11-12-31-3)26(30)24(21)29)17-13-19(32-4)25(34-6)20(14-17)33-5/h7-10,13-15,22,28H,11-12H2,1-6H3/b23-21+/t22-/m0/s1. The lowest BCUT2D eigenvalue weighted by Gasteiger charge is -2.26. The Morgan fingerprint density at radius 3 is 2.06 bits per heavy atom. The van der Waals surface area contributed by atoms with Gasteiger partial charge in [-0.3, -0.25) is 9.59 Å². The Balaban J connectivity index is 2.19. The smallest absolute Gasteiger partial charge is 0.295 e. The van der Waals surface area contributed by atoms with Gasteiger partial charge in [0.05, 0.1) is 45.7 Å². The maximum Gasteiger partial charge on any atom is 0.295 e. The molecule has 1 aliphatic rings. The SMILES string of the molecule is COCCN1C(=O)C(=O)/C(=C(/O)c2ccc(OC(C)C)cc2)[C@@H]1c1cc(OC)c(OC)c(OC)c1. The summed E-state index contributed by atoms with van der Waals surface area (Å²) in [4.78, 5) is 27.5. The molecule has 1 saturated heterocycles. The second kappa shape index (κ2) is 11.1. The molecule has 0 aromatic heterocycles. The van der Waals surface area contributed by atoms with Gasteiger partial charge in [-0.05, 0) is 55.8 Å². The Kier molecular flexibility index (Phi) is 8.24. The molecule has 0 bridgehead atoms. The summed E-state index contributed by atoms with van der Waals surface area (Å²) < 4.78 is 27.1. The number of nitrogens with zero attached hydrogens (tertiary/aromatic N) is 1. The number of methoxy groups -OCH3 is 4. The Bertz CT molecular complexity index is 1080. The summed E-state index contributed by atoms with van der Waals surface area (Å²) in [6, 6.07) is 9.10. The molecular weight excluding hydrogens is 454 g/mol. The molecule has 1 heterocycles. The lowest BCUT2D eigenvalue weighted by molar-refractivity contribution is -0.140. The number of carbonyl (C=O) groups is 2. The zero-order valence-corrected chi connectivity index (χ0v) is 20.8. The number of Topliss-reactive ketones (excluding diaryl/α,β-unsaturated/α-hetero) is 1. The molecule has 9 heteroatoms. The molecule has 0 saturated carbocycles. The second-order valence-electron chi connectivity index (χ2n) is 8.13. The van der Waals surface area contributed by atoms with E-state index in [9.17, 15) is 14.7 Å². The van der Waals surface area contributed by atoms with Crippen LogP contribution < -0.4 is 18.9 Å². The average molecular weight is 486 g/mol. The van der Waals surface area contributed by atoms with Crippen molar-refractivity contribution in [1.82, 2.24) is 4.90 Å². The van der Waals surface area contributed by atoms with Crippen molar-refractivity contribution in [2.24, 2.45) is 0 Å². The van der Waals surface area contributed by atoms with Gasteiger partial charge in [0.15, 0.2) is 11.5 Å². The highest BCUT2D eigenvalue weighted by Gasteiger charge is 2.46. The van der Waals surface area contributed by atoms with Crippen LogP contribution in [0.3, 0.4) is 0 Å². The number of rotatable bonds is 10. The fraction of sp³-hybridized carbons (Fsp3) is 0.385. The molecule has 0 radical (unpaired) electrons. The largest absolute Gasteiger partial charge is 0.507 e. The van der Waals surface area contributed by atoms with Crippen LogP contribution in [-0.4, -0.2) is 69.4 Å². The number of aliphatic hydroxyl groups excluding tert-OH is 1. The highest BCUT2D eigenvalue weighted by atomic mass is 16.5. The summed E-state index contributed by atoms with van der Waals surface area (Å²) in [5.74, 6) is -0.115. The van der Waals surface area contributed by atoms with Crippen LogP contribution >= 0.6 is 0 Å². The van der Waals surface area contributed by atoms with E-state index in [1.165, 1.54) is 33.3 Å². The zero-order chi connectivity index (χ0) is 25.7. The number of likely N-dealkylation sites (tertiary alicyclic amines) is 1. The molecule has 3 rings (SSSR count). The second-order valence-corrected chi connectivity index (χ2v) is 8.13. The first-order chi connectivity index (χ1) is 16.8. The van der Waals surface area contributed by atoms with Gasteiger partial charge in [-0.15, -0.1) is 0 Å².